The summed E-state index contributed by atoms with van der Waals surface area (Å²) in [5.74, 6) is -0.289. The summed E-state index contributed by atoms with van der Waals surface area (Å²) < 4.78 is 2.20. The van der Waals surface area contributed by atoms with Gasteiger partial charge >= 0.3 is 0 Å². The molecular weight excluding hydrogens is 341 g/mol. The minimum atomic E-state index is -0.289. The largest absolute Gasteiger partial charge is 0.285 e. The molecule has 2 heterocycles. The Morgan fingerprint density at radius 2 is 2.17 bits per heavy atom. The van der Waals surface area contributed by atoms with Crippen molar-refractivity contribution in [3.05, 3.63) is 44.4 Å². The Morgan fingerprint density at radius 1 is 1.44 bits per heavy atom. The van der Waals surface area contributed by atoms with Crippen LogP contribution in [0.3, 0.4) is 0 Å². The van der Waals surface area contributed by atoms with Crippen molar-refractivity contribution in [2.24, 2.45) is 0 Å². The van der Waals surface area contributed by atoms with Crippen molar-refractivity contribution in [3.8, 4) is 0 Å². The molecule has 0 aliphatic carbocycles. The van der Waals surface area contributed by atoms with Crippen LogP contribution in [0.2, 0.25) is 10.0 Å². The first-order valence-electron chi connectivity index (χ1n) is 5.11. The van der Waals surface area contributed by atoms with Gasteiger partial charge in [0.25, 0.3) is 0 Å². The molecule has 2 aromatic rings. The van der Waals surface area contributed by atoms with Crippen LogP contribution in [0.25, 0.3) is 0 Å². The molecule has 0 bridgehead atoms. The highest BCUT2D eigenvalue weighted by Crippen LogP contribution is 2.24. The van der Waals surface area contributed by atoms with Crippen molar-refractivity contribution >= 4 is 44.9 Å². The van der Waals surface area contributed by atoms with Crippen LogP contribution in [0.5, 0.6) is 0 Å². The fraction of sp³-hybridized carbons (Fsp3) is 0.182. The molecule has 4 nitrogen and oxygen atoms in total. The first-order valence-corrected chi connectivity index (χ1v) is 6.66. The lowest BCUT2D eigenvalue weighted by molar-refractivity contribution is 0.102. The van der Waals surface area contributed by atoms with E-state index >= 15 is 0 Å². The topological polar surface area (TPSA) is 47.8 Å². The van der Waals surface area contributed by atoms with E-state index < -0.39 is 0 Å². The van der Waals surface area contributed by atoms with E-state index in [1.54, 1.807) is 10.9 Å². The number of aryl methyl sites for hydroxylation is 1. The van der Waals surface area contributed by atoms with Crippen molar-refractivity contribution in [2.45, 2.75) is 13.5 Å². The number of carbonyl (C=O) groups excluding carboxylic acids is 1. The summed E-state index contributed by atoms with van der Waals surface area (Å²) in [5, 5.41) is 4.69. The molecule has 2 aromatic heterocycles. The van der Waals surface area contributed by atoms with Gasteiger partial charge in [-0.2, -0.15) is 5.10 Å². The van der Waals surface area contributed by atoms with E-state index in [2.05, 4.69) is 26.0 Å². The molecule has 94 valence electrons. The minimum Gasteiger partial charge on any atom is -0.285 e. The van der Waals surface area contributed by atoms with Crippen molar-refractivity contribution in [1.29, 1.82) is 0 Å². The maximum absolute atomic E-state index is 12.4. The fourth-order valence-corrected chi connectivity index (χ4v) is 2.46. The quantitative estimate of drug-likeness (QED) is 0.796. The molecule has 0 N–H and O–H groups in total. The lowest BCUT2D eigenvalue weighted by atomic mass is 10.2. The van der Waals surface area contributed by atoms with Crippen molar-refractivity contribution in [2.75, 3.05) is 0 Å². The van der Waals surface area contributed by atoms with E-state index in [9.17, 15) is 4.79 Å². The monoisotopic (exact) mass is 347 g/mol. The van der Waals surface area contributed by atoms with E-state index in [4.69, 9.17) is 23.2 Å². The number of nitrogens with zero attached hydrogens (tertiary/aromatic N) is 3. The zero-order chi connectivity index (χ0) is 13.3. The van der Waals surface area contributed by atoms with Crippen LogP contribution < -0.4 is 0 Å². The Morgan fingerprint density at radius 3 is 2.78 bits per heavy atom. The molecule has 0 aliphatic rings. The van der Waals surface area contributed by atoms with Crippen LogP contribution in [0.1, 0.15) is 23.1 Å². The van der Waals surface area contributed by atoms with Crippen LogP contribution in [-0.2, 0) is 6.54 Å². The predicted molar refractivity (Wildman–Crippen MR) is 73.3 cm³/mol. The predicted octanol–water partition coefficient (Wildman–Crippen LogP) is 3.60. The number of ketones is 1. The molecule has 0 fully saturated rings. The molecule has 18 heavy (non-hydrogen) atoms. The summed E-state index contributed by atoms with van der Waals surface area (Å²) in [4.78, 5) is 16.3. The van der Waals surface area contributed by atoms with Gasteiger partial charge < -0.3 is 0 Å². The molecule has 0 aliphatic heterocycles. The van der Waals surface area contributed by atoms with Crippen LogP contribution in [-0.4, -0.2) is 20.5 Å². The highest BCUT2D eigenvalue weighted by atomic mass is 79.9. The van der Waals surface area contributed by atoms with Gasteiger partial charge in [-0.25, -0.2) is 4.98 Å². The first-order chi connectivity index (χ1) is 8.54. The highest BCUT2D eigenvalue weighted by Gasteiger charge is 2.21. The Bertz CT molecular complexity index is 612. The van der Waals surface area contributed by atoms with Crippen LogP contribution in [0.15, 0.2) is 22.9 Å². The lowest BCUT2D eigenvalue weighted by Crippen LogP contribution is -2.13. The van der Waals surface area contributed by atoms with E-state index in [0.717, 1.165) is 0 Å². The number of rotatable bonds is 3. The van der Waals surface area contributed by atoms with Gasteiger partial charge in [-0.1, -0.05) is 23.2 Å². The Kier molecular flexibility index (Phi) is 4.04. The number of aromatic nitrogens is 3. The van der Waals surface area contributed by atoms with Crippen LogP contribution >= 0.6 is 39.1 Å². The van der Waals surface area contributed by atoms with E-state index in [1.165, 1.54) is 12.3 Å². The van der Waals surface area contributed by atoms with Gasteiger partial charge in [0.15, 0.2) is 0 Å². The average molecular weight is 349 g/mol. The zero-order valence-electron chi connectivity index (χ0n) is 9.32. The molecule has 0 unspecified atom stereocenters. The summed E-state index contributed by atoms with van der Waals surface area (Å²) in [6.07, 6.45) is 2.96. The summed E-state index contributed by atoms with van der Waals surface area (Å²) >= 11 is 15.0. The fourth-order valence-electron chi connectivity index (χ4n) is 1.52. The number of hydrogen-bond donors (Lipinski definition) is 0. The number of halogens is 3. The van der Waals surface area contributed by atoms with Crippen molar-refractivity contribution < 1.29 is 4.79 Å². The number of carbonyl (C=O) groups is 1. The number of pyridine rings is 1. The Labute approximate surface area is 122 Å². The zero-order valence-corrected chi connectivity index (χ0v) is 12.4. The molecule has 0 saturated carbocycles. The van der Waals surface area contributed by atoms with Gasteiger partial charge in [0.05, 0.1) is 20.7 Å². The Hall–Kier alpha value is -0.910. The van der Waals surface area contributed by atoms with Crippen LogP contribution in [0.4, 0.5) is 0 Å². The normalized spacial score (nSPS) is 10.7. The standard InChI is InChI=1S/C11H8BrCl2N3O/c1-2-17-10(7(12)5-16-17)11(18)9-8(14)3-6(13)4-15-9/h3-5H,2H2,1H3. The first kappa shape index (κ1) is 13.5. The average Bonchev–Trinajstić information content (AvgIpc) is 2.69. The maximum atomic E-state index is 12.4. The van der Waals surface area contributed by atoms with Crippen LogP contribution in [0, 0.1) is 0 Å². The van der Waals surface area contributed by atoms with Gasteiger partial charge in [-0.05, 0) is 28.9 Å². The molecule has 0 saturated heterocycles. The molecule has 7 heteroatoms. The summed E-state index contributed by atoms with van der Waals surface area (Å²) in [6, 6.07) is 1.49. The molecule has 0 radical (unpaired) electrons. The van der Waals surface area contributed by atoms with Crippen molar-refractivity contribution in [1.82, 2.24) is 14.8 Å². The lowest BCUT2D eigenvalue weighted by Gasteiger charge is -2.06. The van der Waals surface area contributed by atoms with Gasteiger partial charge in [-0.15, -0.1) is 0 Å². The SMILES string of the molecule is CCn1ncc(Br)c1C(=O)c1ncc(Cl)cc1Cl. The third kappa shape index (κ3) is 2.43. The third-order valence-corrected chi connectivity index (χ3v) is 3.41. The third-order valence-electron chi connectivity index (χ3n) is 2.33. The minimum absolute atomic E-state index is 0.164. The van der Waals surface area contributed by atoms with E-state index in [0.29, 0.717) is 21.7 Å². The second kappa shape index (κ2) is 5.38. The molecule has 0 atom stereocenters. The molecule has 2 rings (SSSR count). The smallest absolute Gasteiger partial charge is 0.232 e. The second-order valence-corrected chi connectivity index (χ2v) is 5.17. The summed E-state index contributed by atoms with van der Waals surface area (Å²) in [6.45, 7) is 2.48. The highest BCUT2D eigenvalue weighted by molar-refractivity contribution is 9.10. The maximum Gasteiger partial charge on any atom is 0.232 e. The van der Waals surface area contributed by atoms with Crippen molar-refractivity contribution in [3.63, 3.8) is 0 Å². The van der Waals surface area contributed by atoms with Gasteiger partial charge in [-0.3, -0.25) is 9.48 Å². The molecule has 0 spiro atoms. The summed E-state index contributed by atoms with van der Waals surface area (Å²) in [7, 11) is 0. The molecule has 0 aromatic carbocycles. The molecule has 0 amide bonds. The van der Waals surface area contributed by atoms with E-state index in [-0.39, 0.29) is 16.5 Å². The van der Waals surface area contributed by atoms with Gasteiger partial charge in [0, 0.05) is 12.7 Å². The Balaban J connectivity index is 2.51. The number of hydrogen-bond acceptors (Lipinski definition) is 3. The van der Waals surface area contributed by atoms with Gasteiger partial charge in [0.1, 0.15) is 11.4 Å². The van der Waals surface area contributed by atoms with Gasteiger partial charge in [0.2, 0.25) is 5.78 Å². The second-order valence-electron chi connectivity index (χ2n) is 3.47. The van der Waals surface area contributed by atoms with E-state index in [1.807, 2.05) is 6.92 Å². The molecular formula is C11H8BrCl2N3O. The summed E-state index contributed by atoms with van der Waals surface area (Å²) in [5.41, 5.74) is 0.589.